The summed E-state index contributed by atoms with van der Waals surface area (Å²) in [5.41, 5.74) is 0.110. The molecule has 3 rings (SSSR count). The monoisotopic (exact) mass is 295 g/mol. The van der Waals surface area contributed by atoms with Gasteiger partial charge in [-0.05, 0) is 24.7 Å². The predicted octanol–water partition coefficient (Wildman–Crippen LogP) is 1.75. The molecule has 2 aliphatic heterocycles. The van der Waals surface area contributed by atoms with Crippen molar-refractivity contribution in [1.82, 2.24) is 14.8 Å². The van der Waals surface area contributed by atoms with Crippen LogP contribution in [0.4, 0.5) is 4.79 Å². The van der Waals surface area contributed by atoms with Gasteiger partial charge >= 0.3 is 6.09 Å². The van der Waals surface area contributed by atoms with E-state index in [1.165, 1.54) is 16.2 Å². The van der Waals surface area contributed by atoms with E-state index in [9.17, 15) is 9.59 Å². The van der Waals surface area contributed by atoms with Gasteiger partial charge in [0.1, 0.15) is 0 Å². The fourth-order valence-electron chi connectivity index (χ4n) is 3.15. The van der Waals surface area contributed by atoms with Gasteiger partial charge in [-0.15, -0.1) is 11.3 Å². The van der Waals surface area contributed by atoms with Crippen molar-refractivity contribution in [2.24, 2.45) is 5.41 Å². The van der Waals surface area contributed by atoms with Crippen molar-refractivity contribution in [1.29, 1.82) is 0 Å². The molecule has 0 aliphatic carbocycles. The summed E-state index contributed by atoms with van der Waals surface area (Å²) in [6.07, 6.45) is 3.47. The average molecular weight is 295 g/mol. The zero-order chi connectivity index (χ0) is 14.2. The molecule has 0 atom stereocenters. The van der Waals surface area contributed by atoms with Crippen molar-refractivity contribution >= 4 is 23.3 Å². The number of rotatable bonds is 1. The van der Waals surface area contributed by atoms with Crippen LogP contribution in [0.25, 0.3) is 0 Å². The Balaban J connectivity index is 1.63. The topological polar surface area (TPSA) is 73.7 Å². The highest BCUT2D eigenvalue weighted by Gasteiger charge is 2.43. The van der Waals surface area contributed by atoms with Crippen LogP contribution in [0, 0.1) is 5.41 Å². The lowest BCUT2D eigenvalue weighted by molar-refractivity contribution is 0.0706. The van der Waals surface area contributed by atoms with Gasteiger partial charge in [0.25, 0.3) is 5.91 Å². The molecule has 2 aliphatic rings. The summed E-state index contributed by atoms with van der Waals surface area (Å²) in [7, 11) is 0. The number of likely N-dealkylation sites (tertiary alicyclic amines) is 2. The average Bonchev–Trinajstić information content (AvgIpc) is 3.09. The molecular formula is C13H17N3O3S. The number of amides is 2. The van der Waals surface area contributed by atoms with E-state index in [0.29, 0.717) is 18.1 Å². The Morgan fingerprint density at radius 1 is 1.20 bits per heavy atom. The number of carboxylic acid groups (broad SMARTS) is 1. The number of piperidine rings is 1. The number of hydrogen-bond donors (Lipinski definition) is 1. The summed E-state index contributed by atoms with van der Waals surface area (Å²) in [6.45, 7) is 2.65. The summed E-state index contributed by atoms with van der Waals surface area (Å²) >= 11 is 1.37. The van der Waals surface area contributed by atoms with Crippen molar-refractivity contribution in [3.63, 3.8) is 0 Å². The molecule has 1 aromatic rings. The molecule has 0 radical (unpaired) electrons. The number of thiazole rings is 1. The highest BCUT2D eigenvalue weighted by Crippen LogP contribution is 2.40. The van der Waals surface area contributed by atoms with E-state index in [1.54, 1.807) is 6.20 Å². The van der Waals surface area contributed by atoms with Gasteiger partial charge in [0.05, 0.1) is 0 Å². The van der Waals surface area contributed by atoms with Crippen LogP contribution in [0.15, 0.2) is 11.6 Å². The molecule has 2 amide bonds. The lowest BCUT2D eigenvalue weighted by Crippen LogP contribution is -2.44. The molecule has 20 heavy (non-hydrogen) atoms. The van der Waals surface area contributed by atoms with Crippen molar-refractivity contribution < 1.29 is 14.7 Å². The van der Waals surface area contributed by atoms with E-state index in [2.05, 4.69) is 4.98 Å². The van der Waals surface area contributed by atoms with Crippen LogP contribution < -0.4 is 0 Å². The van der Waals surface area contributed by atoms with Gasteiger partial charge in [-0.2, -0.15) is 0 Å². The Bertz CT molecular complexity index is 509. The van der Waals surface area contributed by atoms with E-state index in [-0.39, 0.29) is 11.3 Å². The molecule has 1 N–H and O–H groups in total. The Hall–Kier alpha value is -1.63. The maximum absolute atomic E-state index is 12.3. The first-order chi connectivity index (χ1) is 9.60. The summed E-state index contributed by atoms with van der Waals surface area (Å²) in [4.78, 5) is 30.6. The van der Waals surface area contributed by atoms with Gasteiger partial charge in [-0.3, -0.25) is 4.79 Å². The lowest BCUT2D eigenvalue weighted by Gasteiger charge is -2.37. The third-order valence-electron chi connectivity index (χ3n) is 4.44. The number of nitrogens with zero attached hydrogens (tertiary/aromatic N) is 3. The fourth-order valence-corrected chi connectivity index (χ4v) is 3.76. The van der Waals surface area contributed by atoms with Crippen LogP contribution in [-0.4, -0.2) is 58.1 Å². The standard InChI is InChI=1S/C13H17N3O3S/c17-11(10-14-4-8-20-10)16-7-3-13(9-16)1-5-15(6-2-13)12(18)19/h4,8H,1-3,5-7,9H2,(H,18,19). The highest BCUT2D eigenvalue weighted by atomic mass is 32.1. The molecule has 2 fully saturated rings. The van der Waals surface area contributed by atoms with Gasteiger partial charge < -0.3 is 14.9 Å². The zero-order valence-corrected chi connectivity index (χ0v) is 11.9. The van der Waals surface area contributed by atoms with Crippen LogP contribution in [-0.2, 0) is 0 Å². The summed E-state index contributed by atoms with van der Waals surface area (Å²) in [5, 5.41) is 11.3. The minimum Gasteiger partial charge on any atom is -0.465 e. The number of carbonyl (C=O) groups is 2. The molecule has 0 bridgehead atoms. The predicted molar refractivity (Wildman–Crippen MR) is 73.9 cm³/mol. The van der Waals surface area contributed by atoms with Crippen molar-refractivity contribution in [2.45, 2.75) is 19.3 Å². The van der Waals surface area contributed by atoms with Crippen molar-refractivity contribution in [3.05, 3.63) is 16.6 Å². The van der Waals surface area contributed by atoms with Gasteiger partial charge in [0, 0.05) is 37.8 Å². The van der Waals surface area contributed by atoms with Crippen LogP contribution >= 0.6 is 11.3 Å². The zero-order valence-electron chi connectivity index (χ0n) is 11.1. The quantitative estimate of drug-likeness (QED) is 0.856. The first-order valence-electron chi connectivity index (χ1n) is 6.76. The SMILES string of the molecule is O=C(O)N1CCC2(CC1)CCN(C(=O)c1nccs1)C2. The molecule has 3 heterocycles. The van der Waals surface area contributed by atoms with Crippen molar-refractivity contribution in [2.75, 3.05) is 26.2 Å². The molecule has 1 aromatic heterocycles. The van der Waals surface area contributed by atoms with E-state index in [0.717, 1.165) is 32.4 Å². The second kappa shape index (κ2) is 5.05. The Labute approximate surface area is 121 Å². The largest absolute Gasteiger partial charge is 0.465 e. The minimum atomic E-state index is -0.839. The fraction of sp³-hybridized carbons (Fsp3) is 0.615. The Morgan fingerprint density at radius 3 is 2.40 bits per heavy atom. The van der Waals surface area contributed by atoms with E-state index >= 15 is 0 Å². The van der Waals surface area contributed by atoms with Crippen LogP contribution in [0.5, 0.6) is 0 Å². The van der Waals surface area contributed by atoms with Gasteiger partial charge in [0.2, 0.25) is 0 Å². The second-order valence-electron chi connectivity index (χ2n) is 5.58. The lowest BCUT2D eigenvalue weighted by atomic mass is 9.78. The smallest absolute Gasteiger partial charge is 0.407 e. The molecule has 0 aromatic carbocycles. The molecular weight excluding hydrogens is 278 g/mol. The number of hydrogen-bond acceptors (Lipinski definition) is 4. The van der Waals surface area contributed by atoms with Gasteiger partial charge in [-0.25, -0.2) is 9.78 Å². The van der Waals surface area contributed by atoms with Crippen LogP contribution in [0.3, 0.4) is 0 Å². The maximum Gasteiger partial charge on any atom is 0.407 e. The number of carbonyl (C=O) groups excluding carboxylic acids is 1. The summed E-state index contributed by atoms with van der Waals surface area (Å²) in [6, 6.07) is 0. The van der Waals surface area contributed by atoms with Gasteiger partial charge in [-0.1, -0.05) is 0 Å². The van der Waals surface area contributed by atoms with E-state index in [4.69, 9.17) is 5.11 Å². The summed E-state index contributed by atoms with van der Waals surface area (Å²) < 4.78 is 0. The first-order valence-corrected chi connectivity index (χ1v) is 7.64. The second-order valence-corrected chi connectivity index (χ2v) is 6.48. The maximum atomic E-state index is 12.3. The van der Waals surface area contributed by atoms with Crippen LogP contribution in [0.2, 0.25) is 0 Å². The first kappa shape index (κ1) is 13.4. The molecule has 0 unspecified atom stereocenters. The highest BCUT2D eigenvalue weighted by molar-refractivity contribution is 7.11. The number of aromatic nitrogens is 1. The van der Waals surface area contributed by atoms with Crippen molar-refractivity contribution in [3.8, 4) is 0 Å². The minimum absolute atomic E-state index is 0.0116. The van der Waals surface area contributed by atoms with E-state index < -0.39 is 6.09 Å². The third kappa shape index (κ3) is 2.37. The third-order valence-corrected chi connectivity index (χ3v) is 5.20. The molecule has 108 valence electrons. The van der Waals surface area contributed by atoms with Gasteiger partial charge in [0.15, 0.2) is 5.01 Å². The molecule has 6 nitrogen and oxygen atoms in total. The van der Waals surface area contributed by atoms with Crippen LogP contribution in [0.1, 0.15) is 29.1 Å². The van der Waals surface area contributed by atoms with E-state index in [1.807, 2.05) is 10.3 Å². The normalized spacial score (nSPS) is 21.4. The molecule has 0 saturated carbocycles. The molecule has 7 heteroatoms. The Morgan fingerprint density at radius 2 is 1.85 bits per heavy atom. The molecule has 1 spiro atoms. The Kier molecular flexibility index (Phi) is 3.37. The molecule has 2 saturated heterocycles. The summed E-state index contributed by atoms with van der Waals surface area (Å²) in [5.74, 6) is 0.0116.